The highest BCUT2D eigenvalue weighted by Gasteiger charge is 2.37. The number of carboxylic acids is 1. The van der Waals surface area contributed by atoms with Gasteiger partial charge in [-0.2, -0.15) is 0 Å². The number of carbonyl (C=O) groups excluding carboxylic acids is 1. The molecule has 2 aliphatic rings. The molecule has 1 amide bonds. The van der Waals surface area contributed by atoms with Crippen LogP contribution in [-0.2, 0) is 19.6 Å². The average Bonchev–Trinajstić information content (AvgIpc) is 2.89. The van der Waals surface area contributed by atoms with Crippen molar-refractivity contribution < 1.29 is 23.1 Å². The smallest absolute Gasteiger partial charge is 0.308 e. The topological polar surface area (TPSA) is 95.0 Å². The van der Waals surface area contributed by atoms with E-state index < -0.39 is 21.9 Å². The molecule has 0 unspecified atom stereocenters. The second kappa shape index (κ2) is 5.69. The molecule has 114 valence electrons. The SMILES string of the molecule is C[C@@H]1CN(C(=O)CCN2CCCS2(=O)=O)C[C@H]1C(=O)O. The zero-order valence-corrected chi connectivity index (χ0v) is 12.3. The van der Waals surface area contributed by atoms with Gasteiger partial charge >= 0.3 is 5.97 Å². The van der Waals surface area contributed by atoms with Gasteiger partial charge in [0.2, 0.25) is 15.9 Å². The fraction of sp³-hybridized carbons (Fsp3) is 0.833. The van der Waals surface area contributed by atoms with E-state index in [0.29, 0.717) is 19.5 Å². The molecule has 0 radical (unpaired) electrons. The number of amides is 1. The van der Waals surface area contributed by atoms with E-state index in [1.807, 2.05) is 6.92 Å². The Balaban J connectivity index is 1.86. The summed E-state index contributed by atoms with van der Waals surface area (Å²) in [6.45, 7) is 3.15. The third-order valence-corrected chi connectivity index (χ3v) is 6.02. The van der Waals surface area contributed by atoms with Crippen molar-refractivity contribution in [2.75, 3.05) is 31.9 Å². The van der Waals surface area contributed by atoms with Crippen molar-refractivity contribution >= 4 is 21.9 Å². The van der Waals surface area contributed by atoms with Crippen LogP contribution in [0.5, 0.6) is 0 Å². The van der Waals surface area contributed by atoms with Crippen LogP contribution in [0.3, 0.4) is 0 Å². The molecule has 0 spiro atoms. The molecule has 20 heavy (non-hydrogen) atoms. The maximum absolute atomic E-state index is 12.0. The number of carbonyl (C=O) groups is 2. The Bertz CT molecular complexity index is 504. The average molecular weight is 304 g/mol. The number of carboxylic acid groups (broad SMARTS) is 1. The van der Waals surface area contributed by atoms with Gasteiger partial charge in [-0.15, -0.1) is 0 Å². The summed E-state index contributed by atoms with van der Waals surface area (Å²) in [5, 5.41) is 9.03. The summed E-state index contributed by atoms with van der Waals surface area (Å²) in [6, 6.07) is 0. The Kier molecular flexibility index (Phi) is 4.33. The van der Waals surface area contributed by atoms with Gasteiger partial charge in [0.25, 0.3) is 0 Å². The molecule has 8 heteroatoms. The third-order valence-electron chi connectivity index (χ3n) is 4.06. The fourth-order valence-electron chi connectivity index (χ4n) is 2.81. The molecular weight excluding hydrogens is 284 g/mol. The monoisotopic (exact) mass is 304 g/mol. The van der Waals surface area contributed by atoms with E-state index in [2.05, 4.69) is 0 Å². The second-order valence-electron chi connectivity index (χ2n) is 5.54. The minimum absolute atomic E-state index is 0.0630. The van der Waals surface area contributed by atoms with Crippen molar-refractivity contribution in [3.63, 3.8) is 0 Å². The number of rotatable bonds is 4. The summed E-state index contributed by atoms with van der Waals surface area (Å²) in [5.41, 5.74) is 0. The van der Waals surface area contributed by atoms with Crippen LogP contribution in [0.4, 0.5) is 0 Å². The summed E-state index contributed by atoms with van der Waals surface area (Å²) >= 11 is 0. The molecule has 7 nitrogen and oxygen atoms in total. The van der Waals surface area contributed by atoms with Crippen LogP contribution < -0.4 is 0 Å². The van der Waals surface area contributed by atoms with Crippen LogP contribution in [0.15, 0.2) is 0 Å². The van der Waals surface area contributed by atoms with Gasteiger partial charge in [0, 0.05) is 32.6 Å². The van der Waals surface area contributed by atoms with Crippen molar-refractivity contribution in [1.29, 1.82) is 0 Å². The van der Waals surface area contributed by atoms with Gasteiger partial charge in [-0.05, 0) is 12.3 Å². The summed E-state index contributed by atoms with van der Waals surface area (Å²) in [7, 11) is -3.17. The molecule has 2 atom stereocenters. The Labute approximate surface area is 118 Å². The highest BCUT2D eigenvalue weighted by molar-refractivity contribution is 7.89. The van der Waals surface area contributed by atoms with Crippen molar-refractivity contribution in [1.82, 2.24) is 9.21 Å². The van der Waals surface area contributed by atoms with Gasteiger partial charge in [0.15, 0.2) is 0 Å². The van der Waals surface area contributed by atoms with Gasteiger partial charge in [-0.1, -0.05) is 6.92 Å². The summed E-state index contributed by atoms with van der Waals surface area (Å²) in [5.74, 6) is -1.47. The molecule has 0 aromatic rings. The molecule has 2 fully saturated rings. The van der Waals surface area contributed by atoms with E-state index in [4.69, 9.17) is 5.11 Å². The summed E-state index contributed by atoms with van der Waals surface area (Å²) in [6.07, 6.45) is 0.733. The summed E-state index contributed by atoms with van der Waals surface area (Å²) in [4.78, 5) is 24.6. The Morgan fingerprint density at radius 1 is 1.30 bits per heavy atom. The second-order valence-corrected chi connectivity index (χ2v) is 7.63. The minimum Gasteiger partial charge on any atom is -0.481 e. The fourth-order valence-corrected chi connectivity index (χ4v) is 4.34. The predicted octanol–water partition coefficient (Wildman–Crippen LogP) is -0.409. The van der Waals surface area contributed by atoms with Crippen LogP contribution >= 0.6 is 0 Å². The van der Waals surface area contributed by atoms with Gasteiger partial charge in [0.1, 0.15) is 0 Å². The first-order valence-corrected chi connectivity index (χ1v) is 8.40. The van der Waals surface area contributed by atoms with Crippen LogP contribution in [0.25, 0.3) is 0 Å². The van der Waals surface area contributed by atoms with E-state index in [1.54, 1.807) is 0 Å². The van der Waals surface area contributed by atoms with Gasteiger partial charge in [-0.3, -0.25) is 9.59 Å². The van der Waals surface area contributed by atoms with Gasteiger partial charge in [0.05, 0.1) is 11.7 Å². The lowest BCUT2D eigenvalue weighted by Gasteiger charge is -2.18. The van der Waals surface area contributed by atoms with E-state index in [1.165, 1.54) is 9.21 Å². The molecule has 0 aromatic carbocycles. The molecule has 2 aliphatic heterocycles. The molecule has 2 heterocycles. The number of sulfonamides is 1. The van der Waals surface area contributed by atoms with Gasteiger partial charge in [-0.25, -0.2) is 12.7 Å². The predicted molar refractivity (Wildman–Crippen MR) is 71.5 cm³/mol. The Morgan fingerprint density at radius 3 is 2.50 bits per heavy atom. The number of aliphatic carboxylic acids is 1. The number of likely N-dealkylation sites (tertiary alicyclic amines) is 1. The zero-order chi connectivity index (χ0) is 14.9. The van der Waals surface area contributed by atoms with Crippen LogP contribution in [0.2, 0.25) is 0 Å². The quantitative estimate of drug-likeness (QED) is 0.762. The molecular formula is C12H20N2O5S. The maximum Gasteiger partial charge on any atom is 0.308 e. The lowest BCUT2D eigenvalue weighted by Crippen LogP contribution is -2.34. The lowest BCUT2D eigenvalue weighted by atomic mass is 9.99. The Morgan fingerprint density at radius 2 is 2.00 bits per heavy atom. The number of nitrogens with zero attached hydrogens (tertiary/aromatic N) is 2. The van der Waals surface area contributed by atoms with Gasteiger partial charge < -0.3 is 10.0 Å². The Hall–Kier alpha value is -1.15. The molecule has 2 rings (SSSR count). The van der Waals surface area contributed by atoms with E-state index >= 15 is 0 Å². The van der Waals surface area contributed by atoms with Crippen molar-refractivity contribution in [3.8, 4) is 0 Å². The van der Waals surface area contributed by atoms with E-state index in [-0.39, 0.29) is 37.1 Å². The lowest BCUT2D eigenvalue weighted by molar-refractivity contribution is -0.142. The molecule has 0 aromatic heterocycles. The largest absolute Gasteiger partial charge is 0.481 e. The van der Waals surface area contributed by atoms with E-state index in [0.717, 1.165) is 0 Å². The molecule has 0 saturated carbocycles. The van der Waals surface area contributed by atoms with Crippen LogP contribution in [0, 0.1) is 11.8 Å². The third kappa shape index (κ3) is 3.12. The first-order valence-electron chi connectivity index (χ1n) is 6.79. The molecule has 0 aliphatic carbocycles. The number of hydrogen-bond acceptors (Lipinski definition) is 4. The molecule has 1 N–H and O–H groups in total. The first kappa shape index (κ1) is 15.2. The van der Waals surface area contributed by atoms with E-state index in [9.17, 15) is 18.0 Å². The van der Waals surface area contributed by atoms with Crippen LogP contribution in [0.1, 0.15) is 19.8 Å². The molecule has 2 saturated heterocycles. The van der Waals surface area contributed by atoms with Crippen molar-refractivity contribution in [3.05, 3.63) is 0 Å². The zero-order valence-electron chi connectivity index (χ0n) is 11.5. The minimum atomic E-state index is -3.17. The first-order chi connectivity index (χ1) is 9.31. The summed E-state index contributed by atoms with van der Waals surface area (Å²) < 4.78 is 24.6. The van der Waals surface area contributed by atoms with Crippen LogP contribution in [-0.4, -0.2) is 66.5 Å². The van der Waals surface area contributed by atoms with Crippen molar-refractivity contribution in [2.24, 2.45) is 11.8 Å². The standard InChI is InChI=1S/C12H20N2O5S/c1-9-7-13(8-10(9)12(16)17)11(15)3-5-14-4-2-6-20(14,18)19/h9-10H,2-8H2,1H3,(H,16,17)/t9-,10-/m1/s1. The normalized spacial score (nSPS) is 29.8. The van der Waals surface area contributed by atoms with Crippen molar-refractivity contribution in [2.45, 2.75) is 19.8 Å². The highest BCUT2D eigenvalue weighted by Crippen LogP contribution is 2.24. The highest BCUT2D eigenvalue weighted by atomic mass is 32.2. The molecule has 0 bridgehead atoms. The maximum atomic E-state index is 12.0. The number of hydrogen-bond donors (Lipinski definition) is 1.